The molecule has 0 bridgehead atoms. The monoisotopic (exact) mass is 357 g/mol. The van der Waals surface area contributed by atoms with Crippen molar-refractivity contribution in [2.24, 2.45) is 0 Å². The van der Waals surface area contributed by atoms with Crippen LogP contribution in [0.25, 0.3) is 0 Å². The first kappa shape index (κ1) is 18.4. The van der Waals surface area contributed by atoms with Gasteiger partial charge in [0.2, 0.25) is 0 Å². The zero-order valence-electron chi connectivity index (χ0n) is 13.0. The van der Waals surface area contributed by atoms with Gasteiger partial charge in [-0.05, 0) is 24.6 Å². The average molecular weight is 357 g/mol. The molecule has 134 valence electrons. The van der Waals surface area contributed by atoms with Gasteiger partial charge in [0.15, 0.2) is 0 Å². The summed E-state index contributed by atoms with van der Waals surface area (Å²) < 4.78 is 45.1. The van der Waals surface area contributed by atoms with E-state index in [-0.39, 0.29) is 23.6 Å². The number of carbonyl (C=O) groups is 2. The van der Waals surface area contributed by atoms with Gasteiger partial charge in [-0.3, -0.25) is 9.59 Å². The lowest BCUT2D eigenvalue weighted by molar-refractivity contribution is -0.274. The van der Waals surface area contributed by atoms with Crippen molar-refractivity contribution in [3.63, 3.8) is 0 Å². The average Bonchev–Trinajstić information content (AvgIpc) is 2.84. The molecule has 2 N–H and O–H groups in total. The van der Waals surface area contributed by atoms with Crippen molar-refractivity contribution < 1.29 is 37.0 Å². The standard InChI is InChI=1S/C16H14F3NO5/c1-9-8-24-12(6-13(21)22)14(9)15(23)20-7-10-2-4-11(5-3-10)25-16(17,18)19/h2-5,8H,6-7H2,1H3,(H,20,23)(H,21,22). The number of benzene rings is 1. The number of rotatable bonds is 6. The van der Waals surface area contributed by atoms with E-state index < -0.39 is 24.7 Å². The maximum absolute atomic E-state index is 12.2. The normalized spacial score (nSPS) is 11.2. The molecule has 0 spiro atoms. The first-order chi connectivity index (χ1) is 11.7. The Balaban J connectivity index is 2.01. The van der Waals surface area contributed by atoms with Crippen LogP contribution in [0, 0.1) is 6.92 Å². The van der Waals surface area contributed by atoms with Crippen LogP contribution in [-0.2, 0) is 17.8 Å². The number of hydrogen-bond donors (Lipinski definition) is 2. The molecule has 0 unspecified atom stereocenters. The SMILES string of the molecule is Cc1coc(CC(=O)O)c1C(=O)NCc1ccc(OC(F)(F)F)cc1. The van der Waals surface area contributed by atoms with Crippen molar-refractivity contribution in [3.8, 4) is 5.75 Å². The molecule has 0 aliphatic rings. The molecule has 1 heterocycles. The van der Waals surface area contributed by atoms with Gasteiger partial charge in [-0.1, -0.05) is 12.1 Å². The lowest BCUT2D eigenvalue weighted by Gasteiger charge is -2.10. The fourth-order valence-electron chi connectivity index (χ4n) is 2.15. The van der Waals surface area contributed by atoms with E-state index in [2.05, 4.69) is 10.1 Å². The second-order valence-electron chi connectivity index (χ2n) is 5.16. The molecule has 0 radical (unpaired) electrons. The predicted molar refractivity (Wildman–Crippen MR) is 79.1 cm³/mol. The van der Waals surface area contributed by atoms with E-state index in [0.29, 0.717) is 11.1 Å². The van der Waals surface area contributed by atoms with Gasteiger partial charge >= 0.3 is 12.3 Å². The highest BCUT2D eigenvalue weighted by Gasteiger charge is 2.31. The molecule has 9 heteroatoms. The Bertz CT molecular complexity index is 765. The van der Waals surface area contributed by atoms with Crippen molar-refractivity contribution in [1.29, 1.82) is 0 Å². The molecule has 1 amide bonds. The van der Waals surface area contributed by atoms with Gasteiger partial charge in [0.1, 0.15) is 17.9 Å². The number of hydrogen-bond acceptors (Lipinski definition) is 4. The van der Waals surface area contributed by atoms with Crippen LogP contribution < -0.4 is 10.1 Å². The van der Waals surface area contributed by atoms with Crippen molar-refractivity contribution >= 4 is 11.9 Å². The van der Waals surface area contributed by atoms with E-state index >= 15 is 0 Å². The van der Waals surface area contributed by atoms with Gasteiger partial charge in [0.05, 0.1) is 11.8 Å². The first-order valence-corrected chi connectivity index (χ1v) is 7.07. The zero-order chi connectivity index (χ0) is 18.6. The quantitative estimate of drug-likeness (QED) is 0.830. The Hall–Kier alpha value is -2.97. The maximum Gasteiger partial charge on any atom is 0.573 e. The van der Waals surface area contributed by atoms with Crippen molar-refractivity contribution in [2.75, 3.05) is 0 Å². The lowest BCUT2D eigenvalue weighted by Crippen LogP contribution is -2.24. The molecule has 0 aliphatic heterocycles. The van der Waals surface area contributed by atoms with Crippen molar-refractivity contribution in [1.82, 2.24) is 5.32 Å². The summed E-state index contributed by atoms with van der Waals surface area (Å²) in [6, 6.07) is 5.02. The van der Waals surface area contributed by atoms with Crippen LogP contribution >= 0.6 is 0 Å². The molecule has 6 nitrogen and oxygen atoms in total. The molecule has 1 aromatic heterocycles. The molecule has 0 saturated carbocycles. The Labute approximate surface area is 140 Å². The predicted octanol–water partition coefficient (Wildman–Crippen LogP) is 3.04. The number of halogens is 3. The maximum atomic E-state index is 12.2. The Morgan fingerprint density at radius 2 is 1.88 bits per heavy atom. The molecular formula is C16H14F3NO5. The number of nitrogens with one attached hydrogen (secondary N) is 1. The molecule has 2 rings (SSSR count). The summed E-state index contributed by atoms with van der Waals surface area (Å²) in [5.41, 5.74) is 1.17. The molecule has 0 atom stereocenters. The highest BCUT2D eigenvalue weighted by Crippen LogP contribution is 2.23. The second kappa shape index (κ2) is 7.29. The molecule has 2 aromatic rings. The number of furan rings is 1. The zero-order valence-corrected chi connectivity index (χ0v) is 13.0. The fourth-order valence-corrected chi connectivity index (χ4v) is 2.15. The summed E-state index contributed by atoms with van der Waals surface area (Å²) in [4.78, 5) is 23.0. The van der Waals surface area contributed by atoms with Gasteiger partial charge in [0, 0.05) is 12.1 Å². The van der Waals surface area contributed by atoms with Crippen LogP contribution in [0.15, 0.2) is 34.9 Å². The van der Waals surface area contributed by atoms with Crippen LogP contribution in [0.4, 0.5) is 13.2 Å². The third-order valence-electron chi connectivity index (χ3n) is 3.20. The van der Waals surface area contributed by atoms with Crippen LogP contribution in [-0.4, -0.2) is 23.3 Å². The molecule has 0 saturated heterocycles. The number of aliphatic carboxylic acids is 1. The molecule has 25 heavy (non-hydrogen) atoms. The molecular weight excluding hydrogens is 343 g/mol. The van der Waals surface area contributed by atoms with Gasteiger partial charge in [-0.2, -0.15) is 0 Å². The highest BCUT2D eigenvalue weighted by atomic mass is 19.4. The number of carboxylic acids is 1. The van der Waals surface area contributed by atoms with E-state index in [1.54, 1.807) is 6.92 Å². The number of aryl methyl sites for hydroxylation is 1. The summed E-state index contributed by atoms with van der Waals surface area (Å²) in [6.45, 7) is 1.65. The Kier molecular flexibility index (Phi) is 5.35. The number of amides is 1. The van der Waals surface area contributed by atoms with Crippen molar-refractivity contribution in [2.45, 2.75) is 26.3 Å². The lowest BCUT2D eigenvalue weighted by atomic mass is 10.1. The summed E-state index contributed by atoms with van der Waals surface area (Å²) in [5, 5.41) is 11.4. The minimum atomic E-state index is -4.77. The summed E-state index contributed by atoms with van der Waals surface area (Å²) in [6.07, 6.45) is -3.91. The van der Waals surface area contributed by atoms with Gasteiger partial charge in [0.25, 0.3) is 5.91 Å². The Morgan fingerprint density at radius 3 is 2.44 bits per heavy atom. The fraction of sp³-hybridized carbons (Fsp3) is 0.250. The minimum absolute atomic E-state index is 0.0384. The Morgan fingerprint density at radius 1 is 1.24 bits per heavy atom. The van der Waals surface area contributed by atoms with Crippen molar-refractivity contribution in [3.05, 3.63) is 53.0 Å². The third kappa shape index (κ3) is 5.27. The number of alkyl halides is 3. The summed E-state index contributed by atoms with van der Waals surface area (Å²) in [5.74, 6) is -1.99. The topological polar surface area (TPSA) is 88.8 Å². The summed E-state index contributed by atoms with van der Waals surface area (Å²) >= 11 is 0. The first-order valence-electron chi connectivity index (χ1n) is 7.07. The van der Waals surface area contributed by atoms with Crippen LogP contribution in [0.1, 0.15) is 27.2 Å². The van der Waals surface area contributed by atoms with Crippen LogP contribution in [0.5, 0.6) is 5.75 Å². The highest BCUT2D eigenvalue weighted by molar-refractivity contribution is 5.97. The third-order valence-corrected chi connectivity index (χ3v) is 3.20. The number of carbonyl (C=O) groups excluding carboxylic acids is 1. The van der Waals surface area contributed by atoms with E-state index in [1.165, 1.54) is 18.4 Å². The van der Waals surface area contributed by atoms with E-state index in [9.17, 15) is 22.8 Å². The minimum Gasteiger partial charge on any atom is -0.481 e. The molecule has 1 aromatic carbocycles. The van der Waals surface area contributed by atoms with E-state index in [0.717, 1.165) is 12.1 Å². The largest absolute Gasteiger partial charge is 0.573 e. The summed E-state index contributed by atoms with van der Waals surface area (Å²) in [7, 11) is 0. The van der Waals surface area contributed by atoms with Gasteiger partial charge in [-0.15, -0.1) is 13.2 Å². The van der Waals surface area contributed by atoms with Crippen LogP contribution in [0.2, 0.25) is 0 Å². The van der Waals surface area contributed by atoms with Gasteiger partial charge < -0.3 is 19.6 Å². The van der Waals surface area contributed by atoms with Gasteiger partial charge in [-0.25, -0.2) is 0 Å². The molecule has 0 fully saturated rings. The second-order valence-corrected chi connectivity index (χ2v) is 5.16. The molecule has 0 aliphatic carbocycles. The van der Waals surface area contributed by atoms with E-state index in [1.807, 2.05) is 0 Å². The van der Waals surface area contributed by atoms with E-state index in [4.69, 9.17) is 9.52 Å². The smallest absolute Gasteiger partial charge is 0.481 e. The number of ether oxygens (including phenoxy) is 1. The van der Waals surface area contributed by atoms with Crippen LogP contribution in [0.3, 0.4) is 0 Å². The number of carboxylic acid groups (broad SMARTS) is 1.